The molecule has 0 radical (unpaired) electrons. The van der Waals surface area contributed by atoms with Crippen molar-refractivity contribution in [3.63, 3.8) is 0 Å². The zero-order valence-electron chi connectivity index (χ0n) is 11.5. The molecule has 1 fully saturated rings. The third-order valence-electron chi connectivity index (χ3n) is 4.21. The minimum Gasteiger partial charge on any atom is -0.399 e. The van der Waals surface area contributed by atoms with Crippen LogP contribution in [0.4, 0.5) is 11.4 Å². The zero-order valence-corrected chi connectivity index (χ0v) is 11.5. The van der Waals surface area contributed by atoms with E-state index >= 15 is 0 Å². The number of benzene rings is 1. The molecule has 3 nitrogen and oxygen atoms in total. The third kappa shape index (κ3) is 3.39. The molecule has 2 rings (SSSR count). The van der Waals surface area contributed by atoms with Crippen molar-refractivity contribution in [3.05, 3.63) is 23.8 Å². The van der Waals surface area contributed by atoms with Crippen LogP contribution in [0, 0.1) is 0 Å². The molecule has 1 aliphatic rings. The molecule has 1 aromatic rings. The maximum absolute atomic E-state index is 5.98. The molecule has 18 heavy (non-hydrogen) atoms. The van der Waals surface area contributed by atoms with Crippen LogP contribution in [0.2, 0.25) is 0 Å². The van der Waals surface area contributed by atoms with Crippen LogP contribution in [0.1, 0.15) is 31.2 Å². The number of hydrogen-bond acceptors (Lipinski definition) is 2. The molecule has 0 aromatic heterocycles. The summed E-state index contributed by atoms with van der Waals surface area (Å²) in [6.07, 6.45) is 6.43. The third-order valence-corrected chi connectivity index (χ3v) is 4.21. The van der Waals surface area contributed by atoms with E-state index in [-0.39, 0.29) is 0 Å². The number of likely N-dealkylation sites (tertiary alicyclic amines) is 1. The van der Waals surface area contributed by atoms with Gasteiger partial charge in [0.05, 0.1) is 26.7 Å². The van der Waals surface area contributed by atoms with Gasteiger partial charge >= 0.3 is 0 Å². The second-order valence-corrected chi connectivity index (χ2v) is 5.91. The van der Waals surface area contributed by atoms with Gasteiger partial charge in [-0.1, -0.05) is 0 Å². The average molecular weight is 248 g/mol. The van der Waals surface area contributed by atoms with E-state index in [0.29, 0.717) is 0 Å². The summed E-state index contributed by atoms with van der Waals surface area (Å²) in [4.78, 5) is 0. The van der Waals surface area contributed by atoms with Crippen molar-refractivity contribution in [1.82, 2.24) is 0 Å². The summed E-state index contributed by atoms with van der Waals surface area (Å²) < 4.78 is 1.24. The highest BCUT2D eigenvalue weighted by Gasteiger charge is 2.23. The Balaban J connectivity index is 1.86. The Labute approximate surface area is 110 Å². The molecule has 1 aromatic carbocycles. The Hall–Kier alpha value is -1.22. The minimum atomic E-state index is 0.817. The number of rotatable bonds is 4. The van der Waals surface area contributed by atoms with Gasteiger partial charge in [-0.2, -0.15) is 0 Å². The SMILES string of the molecule is C[N+]1(CCCc2cc(N)ccc2N)CCCCC1. The van der Waals surface area contributed by atoms with Crippen LogP contribution >= 0.6 is 0 Å². The van der Waals surface area contributed by atoms with Crippen LogP contribution in [0.5, 0.6) is 0 Å². The number of nitrogens with two attached hydrogens (primary N) is 2. The number of nitrogens with zero attached hydrogens (tertiary/aromatic N) is 1. The average Bonchev–Trinajstić information content (AvgIpc) is 2.34. The van der Waals surface area contributed by atoms with E-state index in [1.165, 1.54) is 55.4 Å². The van der Waals surface area contributed by atoms with E-state index in [1.807, 2.05) is 18.2 Å². The Bertz CT molecular complexity index is 395. The van der Waals surface area contributed by atoms with Crippen LogP contribution in [0.25, 0.3) is 0 Å². The van der Waals surface area contributed by atoms with E-state index in [0.717, 1.165) is 17.8 Å². The lowest BCUT2D eigenvalue weighted by molar-refractivity contribution is -0.914. The normalized spacial score (nSPS) is 18.7. The molecule has 1 aliphatic heterocycles. The molecule has 0 aliphatic carbocycles. The Kier molecular flexibility index (Phi) is 4.12. The summed E-state index contributed by atoms with van der Waals surface area (Å²) in [6.45, 7) is 3.94. The highest BCUT2D eigenvalue weighted by atomic mass is 15.3. The lowest BCUT2D eigenvalue weighted by Gasteiger charge is -2.37. The quantitative estimate of drug-likeness (QED) is 0.635. The molecule has 4 N–H and O–H groups in total. The Morgan fingerprint density at radius 3 is 2.56 bits per heavy atom. The Morgan fingerprint density at radius 2 is 1.83 bits per heavy atom. The molecule has 3 heteroatoms. The monoisotopic (exact) mass is 248 g/mol. The molecule has 100 valence electrons. The minimum absolute atomic E-state index is 0.817. The predicted octanol–water partition coefficient (Wildman–Crippen LogP) is 2.41. The topological polar surface area (TPSA) is 52.0 Å². The second kappa shape index (κ2) is 5.61. The van der Waals surface area contributed by atoms with Crippen molar-refractivity contribution in [2.75, 3.05) is 38.1 Å². The van der Waals surface area contributed by atoms with Gasteiger partial charge in [-0.15, -0.1) is 0 Å². The van der Waals surface area contributed by atoms with E-state index < -0.39 is 0 Å². The van der Waals surface area contributed by atoms with E-state index in [2.05, 4.69) is 7.05 Å². The van der Waals surface area contributed by atoms with Crippen molar-refractivity contribution in [1.29, 1.82) is 0 Å². The molecule has 0 bridgehead atoms. The molecular weight excluding hydrogens is 222 g/mol. The molecule has 1 heterocycles. The van der Waals surface area contributed by atoms with Crippen LogP contribution in [-0.4, -0.2) is 31.2 Å². The van der Waals surface area contributed by atoms with E-state index in [1.54, 1.807) is 0 Å². The number of anilines is 2. The number of piperidine rings is 1. The molecule has 0 spiro atoms. The summed E-state index contributed by atoms with van der Waals surface area (Å²) in [5, 5.41) is 0. The van der Waals surface area contributed by atoms with Crippen molar-refractivity contribution in [2.24, 2.45) is 0 Å². The van der Waals surface area contributed by atoms with Crippen molar-refractivity contribution in [3.8, 4) is 0 Å². The number of aryl methyl sites for hydroxylation is 1. The molecule has 0 unspecified atom stereocenters. The van der Waals surface area contributed by atoms with Gasteiger partial charge in [0.15, 0.2) is 0 Å². The highest BCUT2D eigenvalue weighted by Crippen LogP contribution is 2.20. The first-order valence-electron chi connectivity index (χ1n) is 7.06. The van der Waals surface area contributed by atoms with Gasteiger partial charge < -0.3 is 16.0 Å². The van der Waals surface area contributed by atoms with Crippen LogP contribution < -0.4 is 11.5 Å². The molecule has 1 saturated heterocycles. The van der Waals surface area contributed by atoms with Crippen LogP contribution in [0.15, 0.2) is 18.2 Å². The first-order chi connectivity index (χ1) is 8.59. The highest BCUT2D eigenvalue weighted by molar-refractivity contribution is 5.55. The number of nitrogen functional groups attached to an aromatic ring is 2. The Morgan fingerprint density at radius 1 is 1.11 bits per heavy atom. The summed E-state index contributed by atoms with van der Waals surface area (Å²) in [5.41, 5.74) is 14.7. The second-order valence-electron chi connectivity index (χ2n) is 5.91. The van der Waals surface area contributed by atoms with Crippen LogP contribution in [-0.2, 0) is 6.42 Å². The lowest BCUT2D eigenvalue weighted by atomic mass is 10.0. The van der Waals surface area contributed by atoms with Gasteiger partial charge in [0.1, 0.15) is 0 Å². The summed E-state index contributed by atoms with van der Waals surface area (Å²) in [6, 6.07) is 5.81. The fourth-order valence-corrected chi connectivity index (χ4v) is 2.99. The van der Waals surface area contributed by atoms with Crippen molar-refractivity contribution in [2.45, 2.75) is 32.1 Å². The largest absolute Gasteiger partial charge is 0.399 e. The molecule has 0 saturated carbocycles. The van der Waals surface area contributed by atoms with E-state index in [4.69, 9.17) is 11.5 Å². The van der Waals surface area contributed by atoms with Gasteiger partial charge in [0.25, 0.3) is 0 Å². The first-order valence-corrected chi connectivity index (χ1v) is 7.06. The van der Waals surface area contributed by atoms with Gasteiger partial charge in [0, 0.05) is 17.8 Å². The molecule has 0 amide bonds. The summed E-state index contributed by atoms with van der Waals surface area (Å²) >= 11 is 0. The summed E-state index contributed by atoms with van der Waals surface area (Å²) in [7, 11) is 2.39. The lowest BCUT2D eigenvalue weighted by Crippen LogP contribution is -2.48. The van der Waals surface area contributed by atoms with Gasteiger partial charge in [-0.25, -0.2) is 0 Å². The van der Waals surface area contributed by atoms with Crippen LogP contribution in [0.3, 0.4) is 0 Å². The van der Waals surface area contributed by atoms with Crippen molar-refractivity contribution < 1.29 is 4.48 Å². The number of hydrogen-bond donors (Lipinski definition) is 2. The maximum Gasteiger partial charge on any atom is 0.0787 e. The maximum atomic E-state index is 5.98. The predicted molar refractivity (Wildman–Crippen MR) is 78.2 cm³/mol. The van der Waals surface area contributed by atoms with Crippen molar-refractivity contribution >= 4 is 11.4 Å². The standard InChI is InChI=1S/C15H26N3/c1-18(9-3-2-4-10-18)11-5-6-13-12-14(16)7-8-15(13)17/h7-8,12H,2-6,9-11,16-17H2,1H3/q+1. The molecular formula is C15H26N3+. The smallest absolute Gasteiger partial charge is 0.0787 e. The van der Waals surface area contributed by atoms with Gasteiger partial charge in [-0.05, 0) is 49.4 Å². The fourth-order valence-electron chi connectivity index (χ4n) is 2.99. The number of quaternary nitrogens is 1. The zero-order chi connectivity index (χ0) is 13.0. The fraction of sp³-hybridized carbons (Fsp3) is 0.600. The summed E-state index contributed by atoms with van der Waals surface area (Å²) in [5.74, 6) is 0. The van der Waals surface area contributed by atoms with Gasteiger partial charge in [0.2, 0.25) is 0 Å². The van der Waals surface area contributed by atoms with E-state index in [9.17, 15) is 0 Å². The first kappa shape index (κ1) is 13.2. The van der Waals surface area contributed by atoms with Gasteiger partial charge in [-0.3, -0.25) is 0 Å². The molecule has 0 atom stereocenters.